The number of unbranched alkanes of at least 4 members (excludes halogenated alkanes) is 1. The fourth-order valence-corrected chi connectivity index (χ4v) is 2.12. The number of nitrogens with one attached hydrogen (secondary N) is 1. The van der Waals surface area contributed by atoms with Crippen LogP contribution in [0.5, 0.6) is 0 Å². The summed E-state index contributed by atoms with van der Waals surface area (Å²) in [6, 6.07) is 1.97. The Morgan fingerprint density at radius 1 is 1.47 bits per heavy atom. The molecule has 19 heavy (non-hydrogen) atoms. The molecule has 2 unspecified atom stereocenters. The highest BCUT2D eigenvalue weighted by Gasteiger charge is 2.21. The second-order valence-corrected chi connectivity index (χ2v) is 4.98. The average Bonchev–Trinajstić information content (AvgIpc) is 2.35. The van der Waals surface area contributed by atoms with Crippen molar-refractivity contribution in [2.45, 2.75) is 45.8 Å². The minimum Gasteiger partial charge on any atom is -0.372 e. The fourth-order valence-electron chi connectivity index (χ4n) is 2.12. The molecule has 0 aliphatic carbocycles. The number of nitrogens with zero attached hydrogens (tertiary/aromatic N) is 2. The van der Waals surface area contributed by atoms with Gasteiger partial charge in [-0.3, -0.25) is 4.79 Å². The molecule has 1 heterocycles. The molecule has 0 radical (unpaired) electrons. The van der Waals surface area contributed by atoms with Crippen molar-refractivity contribution in [2.24, 2.45) is 0 Å². The van der Waals surface area contributed by atoms with Crippen molar-refractivity contribution in [3.05, 3.63) is 11.8 Å². The summed E-state index contributed by atoms with van der Waals surface area (Å²) in [5.74, 6) is -0.289. The first-order valence-corrected chi connectivity index (χ1v) is 6.86. The van der Waals surface area contributed by atoms with Crippen LogP contribution in [0, 0.1) is 11.3 Å². The largest absolute Gasteiger partial charge is 0.372 e. The van der Waals surface area contributed by atoms with Gasteiger partial charge in [-0.15, -0.1) is 0 Å². The molecule has 5 nitrogen and oxygen atoms in total. The molecule has 1 amide bonds. The monoisotopic (exact) mass is 265 g/mol. The van der Waals surface area contributed by atoms with Crippen LogP contribution in [0.4, 0.5) is 0 Å². The summed E-state index contributed by atoms with van der Waals surface area (Å²) >= 11 is 0. The Hall–Kier alpha value is -1.54. The maximum absolute atomic E-state index is 11.8. The lowest BCUT2D eigenvalue weighted by atomic mass is 10.2. The van der Waals surface area contributed by atoms with Crippen molar-refractivity contribution in [1.29, 1.82) is 5.26 Å². The van der Waals surface area contributed by atoms with Gasteiger partial charge in [-0.25, -0.2) is 0 Å². The highest BCUT2D eigenvalue weighted by molar-refractivity contribution is 5.97. The number of rotatable bonds is 5. The van der Waals surface area contributed by atoms with Gasteiger partial charge in [0.2, 0.25) is 0 Å². The summed E-state index contributed by atoms with van der Waals surface area (Å²) in [7, 11) is 0. The van der Waals surface area contributed by atoms with E-state index in [0.29, 0.717) is 19.6 Å². The Morgan fingerprint density at radius 3 is 2.63 bits per heavy atom. The summed E-state index contributed by atoms with van der Waals surface area (Å²) in [5.41, 5.74) is 0.164. The van der Waals surface area contributed by atoms with Gasteiger partial charge in [-0.1, -0.05) is 13.3 Å². The zero-order valence-corrected chi connectivity index (χ0v) is 12.0. The Labute approximate surface area is 115 Å². The van der Waals surface area contributed by atoms with Gasteiger partial charge in [0.15, 0.2) is 0 Å². The molecule has 2 atom stereocenters. The van der Waals surface area contributed by atoms with Crippen molar-refractivity contribution < 1.29 is 9.53 Å². The van der Waals surface area contributed by atoms with Gasteiger partial charge in [0.1, 0.15) is 11.6 Å². The normalized spacial score (nSPS) is 23.9. The quantitative estimate of drug-likeness (QED) is 0.464. The van der Waals surface area contributed by atoms with Gasteiger partial charge < -0.3 is 15.0 Å². The maximum atomic E-state index is 11.8. The van der Waals surface area contributed by atoms with E-state index in [-0.39, 0.29) is 23.7 Å². The molecule has 1 fully saturated rings. The van der Waals surface area contributed by atoms with Crippen molar-refractivity contribution in [3.8, 4) is 6.07 Å². The van der Waals surface area contributed by atoms with Crippen molar-refractivity contribution in [3.63, 3.8) is 0 Å². The molecule has 0 spiro atoms. The third-order valence-electron chi connectivity index (χ3n) is 2.94. The molecular weight excluding hydrogens is 242 g/mol. The molecule has 0 aromatic heterocycles. The van der Waals surface area contributed by atoms with Crippen molar-refractivity contribution >= 4 is 5.91 Å². The number of hydrogen-bond acceptors (Lipinski definition) is 4. The topological polar surface area (TPSA) is 65.4 Å². The van der Waals surface area contributed by atoms with Gasteiger partial charge in [-0.2, -0.15) is 5.26 Å². The van der Waals surface area contributed by atoms with Crippen LogP contribution in [-0.4, -0.2) is 42.6 Å². The molecule has 0 aromatic carbocycles. The van der Waals surface area contributed by atoms with Gasteiger partial charge in [0.25, 0.3) is 5.91 Å². The lowest BCUT2D eigenvalue weighted by Crippen LogP contribution is -2.43. The van der Waals surface area contributed by atoms with Crippen molar-refractivity contribution in [2.75, 3.05) is 19.6 Å². The van der Waals surface area contributed by atoms with E-state index in [0.717, 1.165) is 12.8 Å². The Bertz CT molecular complexity index is 363. The SMILES string of the molecule is CCCCNC(=O)/C(C#N)=C\N1CC(C)OC(C)C1. The van der Waals surface area contributed by atoms with Gasteiger partial charge in [-0.05, 0) is 20.3 Å². The summed E-state index contributed by atoms with van der Waals surface area (Å²) < 4.78 is 5.62. The second-order valence-electron chi connectivity index (χ2n) is 4.98. The Morgan fingerprint density at radius 2 is 2.11 bits per heavy atom. The van der Waals surface area contributed by atoms with E-state index in [1.165, 1.54) is 0 Å². The van der Waals surface area contributed by atoms with Crippen LogP contribution in [0.15, 0.2) is 11.8 Å². The molecular formula is C14H23N3O2. The smallest absolute Gasteiger partial charge is 0.263 e. The average molecular weight is 265 g/mol. The van der Waals surface area contributed by atoms with E-state index in [1.54, 1.807) is 6.20 Å². The number of carbonyl (C=O) groups is 1. The number of carbonyl (C=O) groups excluding carboxylic acids is 1. The van der Waals surface area contributed by atoms with Crippen molar-refractivity contribution in [1.82, 2.24) is 10.2 Å². The second kappa shape index (κ2) is 7.80. The minimum atomic E-state index is -0.289. The number of morpholine rings is 1. The van der Waals surface area contributed by atoms with Gasteiger partial charge in [0.05, 0.1) is 12.2 Å². The Kier molecular flexibility index (Phi) is 6.37. The number of ether oxygens (including phenoxy) is 1. The van der Waals surface area contributed by atoms with Crippen LogP contribution in [-0.2, 0) is 9.53 Å². The lowest BCUT2D eigenvalue weighted by Gasteiger charge is -2.34. The summed E-state index contributed by atoms with van der Waals surface area (Å²) in [5, 5.41) is 11.8. The first kappa shape index (κ1) is 15.5. The van der Waals surface area contributed by atoms with Crippen LogP contribution in [0.25, 0.3) is 0 Å². The number of amides is 1. The third kappa shape index (κ3) is 5.31. The molecule has 0 aromatic rings. The maximum Gasteiger partial charge on any atom is 0.263 e. The molecule has 1 N–H and O–H groups in total. The van der Waals surface area contributed by atoms with Gasteiger partial charge >= 0.3 is 0 Å². The molecule has 1 saturated heterocycles. The fraction of sp³-hybridized carbons (Fsp3) is 0.714. The van der Waals surface area contributed by atoms with E-state index >= 15 is 0 Å². The molecule has 5 heteroatoms. The molecule has 1 rings (SSSR count). The van der Waals surface area contributed by atoms with Gasteiger partial charge in [0, 0.05) is 25.8 Å². The summed E-state index contributed by atoms with van der Waals surface area (Å²) in [6.45, 7) is 8.07. The zero-order valence-electron chi connectivity index (χ0n) is 12.0. The van der Waals surface area contributed by atoms with Crippen LogP contribution in [0.1, 0.15) is 33.6 Å². The van der Waals surface area contributed by atoms with E-state index < -0.39 is 0 Å². The molecule has 0 bridgehead atoms. The van der Waals surface area contributed by atoms with E-state index in [4.69, 9.17) is 10.00 Å². The standard InChI is InChI=1S/C14H23N3O2/c1-4-5-6-16-14(18)13(7-15)10-17-8-11(2)19-12(3)9-17/h10-12H,4-6,8-9H2,1-3H3,(H,16,18)/b13-10-. The lowest BCUT2D eigenvalue weighted by molar-refractivity contribution is -0.117. The number of hydrogen-bond donors (Lipinski definition) is 1. The summed E-state index contributed by atoms with van der Waals surface area (Å²) in [4.78, 5) is 13.8. The van der Waals surface area contributed by atoms with Crippen LogP contribution >= 0.6 is 0 Å². The first-order chi connectivity index (χ1) is 9.06. The van der Waals surface area contributed by atoms with E-state index in [1.807, 2.05) is 24.8 Å². The van der Waals surface area contributed by atoms with Crippen LogP contribution < -0.4 is 5.32 Å². The first-order valence-electron chi connectivity index (χ1n) is 6.86. The van der Waals surface area contributed by atoms with E-state index in [2.05, 4.69) is 12.2 Å². The summed E-state index contributed by atoms with van der Waals surface area (Å²) in [6.07, 6.45) is 3.82. The molecule has 106 valence electrons. The van der Waals surface area contributed by atoms with Crippen LogP contribution in [0.3, 0.4) is 0 Å². The highest BCUT2D eigenvalue weighted by atomic mass is 16.5. The predicted octanol–water partition coefficient (Wildman–Crippen LogP) is 1.42. The van der Waals surface area contributed by atoms with E-state index in [9.17, 15) is 4.79 Å². The minimum absolute atomic E-state index is 0.114. The molecule has 1 aliphatic rings. The number of nitriles is 1. The third-order valence-corrected chi connectivity index (χ3v) is 2.94. The highest BCUT2D eigenvalue weighted by Crippen LogP contribution is 2.12. The Balaban J connectivity index is 2.60. The predicted molar refractivity (Wildman–Crippen MR) is 73.2 cm³/mol. The van der Waals surface area contributed by atoms with Crippen LogP contribution in [0.2, 0.25) is 0 Å². The molecule has 1 aliphatic heterocycles. The zero-order chi connectivity index (χ0) is 14.3. The molecule has 0 saturated carbocycles.